The Morgan fingerprint density at radius 1 is 1.44 bits per heavy atom. The zero-order chi connectivity index (χ0) is 12.5. The van der Waals surface area contributed by atoms with Crippen molar-refractivity contribution in [2.24, 2.45) is 0 Å². The van der Waals surface area contributed by atoms with Crippen LogP contribution in [0.25, 0.3) is 10.9 Å². The van der Waals surface area contributed by atoms with Gasteiger partial charge in [0.15, 0.2) is 0 Å². The van der Waals surface area contributed by atoms with Crippen molar-refractivity contribution >= 4 is 28.6 Å². The lowest BCUT2D eigenvalue weighted by atomic mass is 10.2. The zero-order valence-electron chi connectivity index (χ0n) is 10.3. The standard InChI is InChI=1S/C14H16N2OS/c1-10-9-18-7-6-16(10)14(17)13-8-11-4-2-3-5-12(11)15-13/h2-5,8,10,15H,6-7,9H2,1H3. The Hall–Kier alpha value is -1.42. The maximum absolute atomic E-state index is 12.5. The number of nitrogens with one attached hydrogen (secondary N) is 1. The number of hydrogen-bond acceptors (Lipinski definition) is 2. The summed E-state index contributed by atoms with van der Waals surface area (Å²) in [5, 5.41) is 1.10. The number of aromatic nitrogens is 1. The van der Waals surface area contributed by atoms with Gasteiger partial charge in [-0.1, -0.05) is 18.2 Å². The maximum atomic E-state index is 12.5. The smallest absolute Gasteiger partial charge is 0.270 e. The lowest BCUT2D eigenvalue weighted by molar-refractivity contribution is 0.0711. The molecular weight excluding hydrogens is 244 g/mol. The van der Waals surface area contributed by atoms with Crippen LogP contribution in [0.3, 0.4) is 0 Å². The summed E-state index contributed by atoms with van der Waals surface area (Å²) < 4.78 is 0. The van der Waals surface area contributed by atoms with Crippen LogP contribution >= 0.6 is 11.8 Å². The first-order chi connectivity index (χ1) is 8.75. The molecule has 1 saturated heterocycles. The molecule has 1 aromatic heterocycles. The number of carbonyl (C=O) groups is 1. The number of hydrogen-bond donors (Lipinski definition) is 1. The van der Waals surface area contributed by atoms with Gasteiger partial charge in [0.05, 0.1) is 0 Å². The van der Waals surface area contributed by atoms with Crippen molar-refractivity contribution < 1.29 is 4.79 Å². The topological polar surface area (TPSA) is 36.1 Å². The molecule has 18 heavy (non-hydrogen) atoms. The fourth-order valence-electron chi connectivity index (χ4n) is 2.37. The Morgan fingerprint density at radius 3 is 3.06 bits per heavy atom. The molecule has 0 radical (unpaired) electrons. The molecular formula is C14H16N2OS. The third-order valence-electron chi connectivity index (χ3n) is 3.39. The van der Waals surface area contributed by atoms with Crippen molar-refractivity contribution in [3.8, 4) is 0 Å². The number of aromatic amines is 1. The van der Waals surface area contributed by atoms with Gasteiger partial charge in [0.2, 0.25) is 0 Å². The highest BCUT2D eigenvalue weighted by atomic mass is 32.2. The molecule has 2 heterocycles. The number of carbonyl (C=O) groups excluding carboxylic acids is 1. The third-order valence-corrected chi connectivity index (χ3v) is 4.58. The van der Waals surface area contributed by atoms with E-state index < -0.39 is 0 Å². The minimum absolute atomic E-state index is 0.124. The van der Waals surface area contributed by atoms with Gasteiger partial charge in [-0.15, -0.1) is 0 Å². The number of H-pyrrole nitrogens is 1. The van der Waals surface area contributed by atoms with Crippen molar-refractivity contribution in [1.29, 1.82) is 0 Å². The summed E-state index contributed by atoms with van der Waals surface area (Å²) in [5.41, 5.74) is 1.73. The molecule has 0 spiro atoms. The molecule has 1 fully saturated rings. The summed E-state index contributed by atoms with van der Waals surface area (Å²) >= 11 is 1.92. The average molecular weight is 260 g/mol. The van der Waals surface area contributed by atoms with Crippen molar-refractivity contribution in [3.05, 3.63) is 36.0 Å². The maximum Gasteiger partial charge on any atom is 0.270 e. The van der Waals surface area contributed by atoms with E-state index in [4.69, 9.17) is 0 Å². The summed E-state index contributed by atoms with van der Waals surface area (Å²) in [7, 11) is 0. The SMILES string of the molecule is CC1CSCCN1C(=O)c1cc2ccccc2[nH]1. The second-order valence-electron chi connectivity index (χ2n) is 4.69. The molecule has 1 aromatic carbocycles. The van der Waals surface area contributed by atoms with Gasteiger partial charge in [0.25, 0.3) is 5.91 Å². The molecule has 1 unspecified atom stereocenters. The highest BCUT2D eigenvalue weighted by Gasteiger charge is 2.25. The van der Waals surface area contributed by atoms with Crippen LogP contribution in [-0.2, 0) is 0 Å². The van der Waals surface area contributed by atoms with E-state index >= 15 is 0 Å². The first-order valence-electron chi connectivity index (χ1n) is 6.22. The van der Waals surface area contributed by atoms with Gasteiger partial charge in [-0.3, -0.25) is 4.79 Å². The number of benzene rings is 1. The van der Waals surface area contributed by atoms with Crippen LogP contribution in [0.2, 0.25) is 0 Å². The summed E-state index contributed by atoms with van der Waals surface area (Å²) in [6.07, 6.45) is 0. The van der Waals surface area contributed by atoms with E-state index in [1.807, 2.05) is 47.0 Å². The lowest BCUT2D eigenvalue weighted by Gasteiger charge is -2.32. The molecule has 0 aliphatic carbocycles. The number of rotatable bonds is 1. The molecule has 3 nitrogen and oxygen atoms in total. The number of fused-ring (bicyclic) bond motifs is 1. The van der Waals surface area contributed by atoms with E-state index in [1.165, 1.54) is 0 Å². The van der Waals surface area contributed by atoms with Crippen molar-refractivity contribution in [3.63, 3.8) is 0 Å². The van der Waals surface area contributed by atoms with Crippen molar-refractivity contribution in [1.82, 2.24) is 9.88 Å². The highest BCUT2D eigenvalue weighted by Crippen LogP contribution is 2.21. The Balaban J connectivity index is 1.91. The Labute approximate surface area is 111 Å². The van der Waals surface area contributed by atoms with Crippen LogP contribution < -0.4 is 0 Å². The molecule has 0 bridgehead atoms. The molecule has 3 rings (SSSR count). The van der Waals surface area contributed by atoms with Crippen LogP contribution in [0.4, 0.5) is 0 Å². The van der Waals surface area contributed by atoms with E-state index in [0.29, 0.717) is 11.7 Å². The number of amides is 1. The fraction of sp³-hybridized carbons (Fsp3) is 0.357. The van der Waals surface area contributed by atoms with Gasteiger partial charge in [-0.2, -0.15) is 11.8 Å². The molecule has 1 N–H and O–H groups in total. The quantitative estimate of drug-likeness (QED) is 0.856. The van der Waals surface area contributed by atoms with Crippen LogP contribution in [0, 0.1) is 0 Å². The van der Waals surface area contributed by atoms with E-state index in [2.05, 4.69) is 11.9 Å². The summed E-state index contributed by atoms with van der Waals surface area (Å²) in [4.78, 5) is 17.7. The monoisotopic (exact) mass is 260 g/mol. The van der Waals surface area contributed by atoms with Crippen molar-refractivity contribution in [2.45, 2.75) is 13.0 Å². The predicted octanol–water partition coefficient (Wildman–Crippen LogP) is 2.75. The van der Waals surface area contributed by atoms with Gasteiger partial charge < -0.3 is 9.88 Å². The molecule has 94 valence electrons. The van der Waals surface area contributed by atoms with Gasteiger partial charge in [0.1, 0.15) is 5.69 Å². The average Bonchev–Trinajstić information content (AvgIpc) is 2.82. The molecule has 1 amide bonds. The van der Waals surface area contributed by atoms with Crippen LogP contribution in [-0.4, -0.2) is 39.9 Å². The van der Waals surface area contributed by atoms with Gasteiger partial charge in [-0.25, -0.2) is 0 Å². The van der Waals surface area contributed by atoms with Gasteiger partial charge in [-0.05, 0) is 19.1 Å². The minimum atomic E-state index is 0.124. The Morgan fingerprint density at radius 2 is 2.28 bits per heavy atom. The second-order valence-corrected chi connectivity index (χ2v) is 5.84. The summed E-state index contributed by atoms with van der Waals surface area (Å²) in [6.45, 7) is 2.97. The van der Waals surface area contributed by atoms with Gasteiger partial charge >= 0.3 is 0 Å². The largest absolute Gasteiger partial charge is 0.351 e. The molecule has 1 aliphatic heterocycles. The molecule has 4 heteroatoms. The van der Waals surface area contributed by atoms with E-state index in [9.17, 15) is 4.79 Å². The number of thioether (sulfide) groups is 1. The molecule has 1 aliphatic rings. The van der Waals surface area contributed by atoms with Crippen LogP contribution in [0.1, 0.15) is 17.4 Å². The number of nitrogens with zero attached hydrogens (tertiary/aromatic N) is 1. The fourth-order valence-corrected chi connectivity index (χ4v) is 3.39. The normalized spacial score (nSPS) is 20.3. The van der Waals surface area contributed by atoms with E-state index in [1.54, 1.807) is 0 Å². The number of para-hydroxylation sites is 1. The lowest BCUT2D eigenvalue weighted by Crippen LogP contribution is -2.44. The second kappa shape index (κ2) is 4.69. The Kier molecular flexibility index (Phi) is 3.04. The van der Waals surface area contributed by atoms with E-state index in [-0.39, 0.29) is 5.91 Å². The molecule has 2 aromatic rings. The van der Waals surface area contributed by atoms with Crippen molar-refractivity contribution in [2.75, 3.05) is 18.1 Å². The molecule has 1 atom stereocenters. The summed E-state index contributed by atoms with van der Waals surface area (Å²) in [5.74, 6) is 2.20. The molecule has 0 saturated carbocycles. The van der Waals surface area contributed by atoms with Crippen LogP contribution in [0.15, 0.2) is 30.3 Å². The Bertz CT molecular complexity index is 545. The van der Waals surface area contributed by atoms with Crippen LogP contribution in [0.5, 0.6) is 0 Å². The highest BCUT2D eigenvalue weighted by molar-refractivity contribution is 7.99. The first kappa shape index (κ1) is 11.7. The zero-order valence-corrected chi connectivity index (χ0v) is 11.2. The third kappa shape index (κ3) is 2.01. The predicted molar refractivity (Wildman–Crippen MR) is 76.1 cm³/mol. The summed E-state index contributed by atoms with van der Waals surface area (Å²) in [6, 6.07) is 10.3. The van der Waals surface area contributed by atoms with E-state index in [0.717, 1.165) is 29.0 Å². The van der Waals surface area contributed by atoms with Gasteiger partial charge in [0, 0.05) is 35.0 Å². The minimum Gasteiger partial charge on any atom is -0.351 e. The first-order valence-corrected chi connectivity index (χ1v) is 7.37.